The molecule has 1 aromatic carbocycles. The van der Waals surface area contributed by atoms with E-state index in [9.17, 15) is 9.90 Å². The van der Waals surface area contributed by atoms with Crippen molar-refractivity contribution < 1.29 is 19.1 Å². The van der Waals surface area contributed by atoms with Gasteiger partial charge < -0.3 is 19.6 Å². The van der Waals surface area contributed by atoms with E-state index in [1.165, 1.54) is 12.1 Å². The minimum atomic E-state index is -0.612. The van der Waals surface area contributed by atoms with E-state index in [1.54, 1.807) is 19.1 Å². The van der Waals surface area contributed by atoms with E-state index in [0.717, 1.165) is 30.2 Å². The predicted octanol–water partition coefficient (Wildman–Crippen LogP) is 3.50. The summed E-state index contributed by atoms with van der Waals surface area (Å²) in [7, 11) is 0. The fourth-order valence-corrected chi connectivity index (χ4v) is 2.37. The zero-order chi connectivity index (χ0) is 19.3. The van der Waals surface area contributed by atoms with Gasteiger partial charge in [0.25, 0.3) is 5.91 Å². The molecular formula is C20H28N2O4. The Hall–Kier alpha value is -2.50. The first-order valence-electron chi connectivity index (χ1n) is 8.87. The molecule has 142 valence electrons. The topological polar surface area (TPSA) is 84.6 Å². The van der Waals surface area contributed by atoms with Gasteiger partial charge in [-0.2, -0.15) is 0 Å². The molecule has 2 N–H and O–H groups in total. The summed E-state index contributed by atoms with van der Waals surface area (Å²) < 4.78 is 11.4. The number of ether oxygens (including phenoxy) is 1. The second kappa shape index (κ2) is 8.25. The Labute approximate surface area is 154 Å². The first-order valence-corrected chi connectivity index (χ1v) is 8.87. The van der Waals surface area contributed by atoms with Crippen LogP contribution in [0.1, 0.15) is 51.5 Å². The van der Waals surface area contributed by atoms with Crippen molar-refractivity contribution in [1.82, 2.24) is 10.3 Å². The van der Waals surface area contributed by atoms with Crippen molar-refractivity contribution >= 4 is 5.91 Å². The highest BCUT2D eigenvalue weighted by atomic mass is 16.5. The third-order valence-electron chi connectivity index (χ3n) is 3.93. The fourth-order valence-electron chi connectivity index (χ4n) is 2.37. The average Bonchev–Trinajstić information content (AvgIpc) is 2.94. The predicted molar refractivity (Wildman–Crippen MR) is 99.5 cm³/mol. The van der Waals surface area contributed by atoms with Crippen molar-refractivity contribution in [3.05, 3.63) is 41.6 Å². The Morgan fingerprint density at radius 3 is 2.54 bits per heavy atom. The molecule has 0 aliphatic carbocycles. The molecule has 0 aliphatic rings. The number of hydrogen-bond donors (Lipinski definition) is 2. The van der Waals surface area contributed by atoms with Crippen LogP contribution in [0.5, 0.6) is 11.5 Å². The smallest absolute Gasteiger partial charge is 0.260 e. The van der Waals surface area contributed by atoms with Gasteiger partial charge in [-0.3, -0.25) is 4.79 Å². The van der Waals surface area contributed by atoms with Gasteiger partial charge in [0.1, 0.15) is 17.3 Å². The summed E-state index contributed by atoms with van der Waals surface area (Å²) in [6.07, 6.45) is 0.874. The van der Waals surface area contributed by atoms with Gasteiger partial charge in [-0.05, 0) is 44.5 Å². The summed E-state index contributed by atoms with van der Waals surface area (Å²) in [6.45, 7) is 10.4. The Bertz CT molecular complexity index is 729. The van der Waals surface area contributed by atoms with Gasteiger partial charge in [0.2, 0.25) is 0 Å². The lowest BCUT2D eigenvalue weighted by Gasteiger charge is -2.14. The van der Waals surface area contributed by atoms with Crippen LogP contribution in [0.4, 0.5) is 0 Å². The molecule has 1 atom stereocenters. The first-order chi connectivity index (χ1) is 12.2. The molecule has 0 saturated heterocycles. The third-order valence-corrected chi connectivity index (χ3v) is 3.93. The van der Waals surface area contributed by atoms with Crippen LogP contribution in [-0.2, 0) is 16.6 Å². The van der Waals surface area contributed by atoms with Crippen LogP contribution in [0.25, 0.3) is 0 Å². The molecule has 1 amide bonds. The van der Waals surface area contributed by atoms with Crippen LogP contribution in [0.2, 0.25) is 0 Å². The van der Waals surface area contributed by atoms with E-state index in [4.69, 9.17) is 9.15 Å². The number of nitrogens with one attached hydrogen (secondary N) is 1. The summed E-state index contributed by atoms with van der Waals surface area (Å²) >= 11 is 0. The number of aromatic hydroxyl groups is 1. The molecule has 0 radical (unpaired) electrons. The van der Waals surface area contributed by atoms with Gasteiger partial charge >= 0.3 is 0 Å². The zero-order valence-electron chi connectivity index (χ0n) is 16.1. The number of oxazole rings is 1. The van der Waals surface area contributed by atoms with Crippen molar-refractivity contribution in [3.63, 3.8) is 0 Å². The van der Waals surface area contributed by atoms with Crippen LogP contribution in [0.15, 0.2) is 28.7 Å². The number of hydrogen-bond acceptors (Lipinski definition) is 5. The molecule has 2 aromatic rings. The van der Waals surface area contributed by atoms with E-state index < -0.39 is 6.10 Å². The maximum atomic E-state index is 12.1. The van der Waals surface area contributed by atoms with E-state index in [-0.39, 0.29) is 17.1 Å². The van der Waals surface area contributed by atoms with Crippen LogP contribution < -0.4 is 10.1 Å². The summed E-state index contributed by atoms with van der Waals surface area (Å²) in [6, 6.07) is 6.29. The largest absolute Gasteiger partial charge is 0.508 e. The highest BCUT2D eigenvalue weighted by Crippen LogP contribution is 2.24. The quantitative estimate of drug-likeness (QED) is 0.738. The van der Waals surface area contributed by atoms with Gasteiger partial charge in [-0.1, -0.05) is 20.8 Å². The van der Waals surface area contributed by atoms with Gasteiger partial charge in [-0.25, -0.2) is 4.98 Å². The maximum absolute atomic E-state index is 12.1. The molecule has 0 bridgehead atoms. The lowest BCUT2D eigenvalue weighted by atomic mass is 9.97. The van der Waals surface area contributed by atoms with Gasteiger partial charge in [0, 0.05) is 18.4 Å². The van der Waals surface area contributed by atoms with Crippen LogP contribution in [0, 0.1) is 6.92 Å². The van der Waals surface area contributed by atoms with Crippen molar-refractivity contribution in [2.75, 3.05) is 6.54 Å². The molecule has 1 aromatic heterocycles. The zero-order valence-corrected chi connectivity index (χ0v) is 16.1. The molecule has 1 heterocycles. The van der Waals surface area contributed by atoms with Crippen molar-refractivity contribution in [2.24, 2.45) is 0 Å². The van der Waals surface area contributed by atoms with Crippen molar-refractivity contribution in [3.8, 4) is 11.5 Å². The van der Waals surface area contributed by atoms with Gasteiger partial charge in [0.05, 0.1) is 5.69 Å². The number of amides is 1. The molecule has 1 unspecified atom stereocenters. The van der Waals surface area contributed by atoms with Crippen molar-refractivity contribution in [1.29, 1.82) is 0 Å². The minimum Gasteiger partial charge on any atom is -0.508 e. The number of carbonyl (C=O) groups excluding carboxylic acids is 1. The number of aryl methyl sites for hydroxylation is 2. The van der Waals surface area contributed by atoms with E-state index in [1.807, 2.05) is 6.92 Å². The highest BCUT2D eigenvalue weighted by Gasteiger charge is 2.22. The normalized spacial score (nSPS) is 12.7. The number of phenols is 1. The Kier molecular flexibility index (Phi) is 6.29. The molecule has 0 aliphatic heterocycles. The lowest BCUT2D eigenvalue weighted by molar-refractivity contribution is -0.127. The molecule has 2 rings (SSSR count). The highest BCUT2D eigenvalue weighted by molar-refractivity contribution is 5.80. The van der Waals surface area contributed by atoms with Crippen LogP contribution >= 0.6 is 0 Å². The minimum absolute atomic E-state index is 0.113. The second-order valence-corrected chi connectivity index (χ2v) is 7.43. The van der Waals surface area contributed by atoms with E-state index in [0.29, 0.717) is 12.3 Å². The Morgan fingerprint density at radius 2 is 1.96 bits per heavy atom. The molecule has 0 fully saturated rings. The molecule has 0 saturated carbocycles. The van der Waals surface area contributed by atoms with E-state index >= 15 is 0 Å². The Balaban J connectivity index is 1.76. The van der Waals surface area contributed by atoms with E-state index in [2.05, 4.69) is 31.1 Å². The van der Waals surface area contributed by atoms with Gasteiger partial charge in [0.15, 0.2) is 12.0 Å². The van der Waals surface area contributed by atoms with Crippen molar-refractivity contribution in [2.45, 2.75) is 59.0 Å². The monoisotopic (exact) mass is 360 g/mol. The average molecular weight is 360 g/mol. The molecule has 0 spiro atoms. The number of aromatic nitrogens is 1. The molecule has 26 heavy (non-hydrogen) atoms. The SMILES string of the molecule is Cc1nc(C(C)(C)C)oc1CCCNC(=O)C(C)Oc1ccc(O)cc1. The first kappa shape index (κ1) is 19.8. The third kappa shape index (κ3) is 5.51. The Morgan fingerprint density at radius 1 is 1.31 bits per heavy atom. The maximum Gasteiger partial charge on any atom is 0.260 e. The fraction of sp³-hybridized carbons (Fsp3) is 0.500. The summed E-state index contributed by atoms with van der Waals surface area (Å²) in [5.41, 5.74) is 0.795. The second-order valence-electron chi connectivity index (χ2n) is 7.43. The lowest BCUT2D eigenvalue weighted by Crippen LogP contribution is -2.36. The molecule has 6 heteroatoms. The summed E-state index contributed by atoms with van der Waals surface area (Å²) in [5.74, 6) is 2.13. The molecular weight excluding hydrogens is 332 g/mol. The van der Waals surface area contributed by atoms with Crippen LogP contribution in [0.3, 0.4) is 0 Å². The number of rotatable bonds is 7. The standard InChI is InChI=1S/C20H28N2O4/c1-13-17(26-19(22-13)20(3,4)5)7-6-12-21-18(24)14(2)25-16-10-8-15(23)9-11-16/h8-11,14,23H,6-7,12H2,1-5H3,(H,21,24). The number of benzene rings is 1. The number of carbonyl (C=O) groups is 1. The summed E-state index contributed by atoms with van der Waals surface area (Å²) in [4.78, 5) is 16.6. The number of phenolic OH excluding ortho intramolecular Hbond substituents is 1. The molecule has 6 nitrogen and oxygen atoms in total. The number of nitrogens with zero attached hydrogens (tertiary/aromatic N) is 1. The van der Waals surface area contributed by atoms with Crippen LogP contribution in [-0.4, -0.2) is 28.6 Å². The van der Waals surface area contributed by atoms with Gasteiger partial charge in [-0.15, -0.1) is 0 Å². The summed E-state index contributed by atoms with van der Waals surface area (Å²) in [5, 5.41) is 12.1.